The number of piperazine rings is 1. The first-order chi connectivity index (χ1) is 9.85. The van der Waals surface area contributed by atoms with Gasteiger partial charge >= 0.3 is 0 Å². The summed E-state index contributed by atoms with van der Waals surface area (Å²) >= 11 is 0. The molecule has 0 aliphatic carbocycles. The highest BCUT2D eigenvalue weighted by Crippen LogP contribution is 2.19. The summed E-state index contributed by atoms with van der Waals surface area (Å²) < 4.78 is 52.1. The van der Waals surface area contributed by atoms with E-state index in [4.69, 9.17) is 5.11 Å². The van der Waals surface area contributed by atoms with Crippen LogP contribution >= 0.6 is 0 Å². The van der Waals surface area contributed by atoms with E-state index in [0.29, 0.717) is 0 Å². The number of aliphatic hydroxyl groups is 1. The average Bonchev–Trinajstić information content (AvgIpc) is 2.48. The van der Waals surface area contributed by atoms with Gasteiger partial charge in [0.25, 0.3) is 5.92 Å². The Labute approximate surface area is 122 Å². The molecule has 0 radical (unpaired) electrons. The molecule has 0 unspecified atom stereocenters. The zero-order valence-corrected chi connectivity index (χ0v) is 12.1. The second-order valence-corrected chi connectivity index (χ2v) is 6.82. The average molecular weight is 321 g/mol. The summed E-state index contributed by atoms with van der Waals surface area (Å²) in [7, 11) is -3.63. The molecule has 1 aliphatic heterocycles. The fraction of sp³-hybridized carbons (Fsp3) is 0.583. The standard InChI is InChI=1S/C12H17F2N3O3S/c13-12(14,10-18)9-16-4-6-17(7-5-16)21(19,20)11-2-1-3-15-8-11/h1-3,8,18H,4-7,9-10H2. The van der Waals surface area contributed by atoms with Gasteiger partial charge in [0, 0.05) is 38.6 Å². The van der Waals surface area contributed by atoms with Gasteiger partial charge in [-0.3, -0.25) is 9.88 Å². The minimum atomic E-state index is -3.63. The minimum absolute atomic E-state index is 0.0964. The van der Waals surface area contributed by atoms with E-state index in [1.807, 2.05) is 0 Å². The van der Waals surface area contributed by atoms with Crippen LogP contribution in [0.25, 0.3) is 0 Å². The second-order valence-electron chi connectivity index (χ2n) is 4.88. The molecule has 21 heavy (non-hydrogen) atoms. The van der Waals surface area contributed by atoms with Gasteiger partial charge in [0.2, 0.25) is 10.0 Å². The summed E-state index contributed by atoms with van der Waals surface area (Å²) in [6.45, 7) is -1.09. The molecule has 0 aromatic carbocycles. The largest absolute Gasteiger partial charge is 0.390 e. The quantitative estimate of drug-likeness (QED) is 0.827. The zero-order chi connectivity index (χ0) is 15.5. The monoisotopic (exact) mass is 321 g/mol. The first-order valence-corrected chi connectivity index (χ1v) is 7.90. The van der Waals surface area contributed by atoms with Crippen LogP contribution in [0.2, 0.25) is 0 Å². The van der Waals surface area contributed by atoms with Crippen LogP contribution in [-0.4, -0.2) is 73.0 Å². The molecule has 0 amide bonds. The van der Waals surface area contributed by atoms with Crippen LogP contribution in [-0.2, 0) is 10.0 Å². The van der Waals surface area contributed by atoms with Gasteiger partial charge < -0.3 is 5.11 Å². The van der Waals surface area contributed by atoms with Crippen molar-refractivity contribution in [2.45, 2.75) is 10.8 Å². The van der Waals surface area contributed by atoms with Gasteiger partial charge in [0.1, 0.15) is 11.5 Å². The molecule has 0 bridgehead atoms. The number of aliphatic hydroxyl groups excluding tert-OH is 1. The summed E-state index contributed by atoms with van der Waals surface area (Å²) in [6.07, 6.45) is 2.75. The SMILES string of the molecule is O=S(=O)(c1cccnc1)N1CCN(CC(F)(F)CO)CC1. The van der Waals surface area contributed by atoms with Crippen LogP contribution in [0, 0.1) is 0 Å². The summed E-state index contributed by atoms with van der Waals surface area (Å²) in [5.74, 6) is -3.16. The van der Waals surface area contributed by atoms with Gasteiger partial charge in [-0.1, -0.05) is 0 Å². The van der Waals surface area contributed by atoms with Crippen LogP contribution in [0.4, 0.5) is 8.78 Å². The Kier molecular flexibility index (Phi) is 4.87. The highest BCUT2D eigenvalue weighted by atomic mass is 32.2. The van der Waals surface area contributed by atoms with E-state index in [-0.39, 0.29) is 31.1 Å². The van der Waals surface area contributed by atoms with Crippen LogP contribution in [0.5, 0.6) is 0 Å². The zero-order valence-electron chi connectivity index (χ0n) is 11.3. The van der Waals surface area contributed by atoms with Gasteiger partial charge in [-0.2, -0.15) is 4.31 Å². The number of rotatable bonds is 5. The van der Waals surface area contributed by atoms with Crippen molar-refractivity contribution in [1.82, 2.24) is 14.2 Å². The maximum Gasteiger partial charge on any atom is 0.283 e. The number of halogens is 2. The van der Waals surface area contributed by atoms with Gasteiger partial charge in [0.05, 0.1) is 6.54 Å². The molecular weight excluding hydrogens is 304 g/mol. The van der Waals surface area contributed by atoms with Crippen molar-refractivity contribution in [2.24, 2.45) is 0 Å². The van der Waals surface area contributed by atoms with E-state index in [1.165, 1.54) is 33.7 Å². The van der Waals surface area contributed by atoms with E-state index < -0.39 is 29.1 Å². The maximum absolute atomic E-state index is 13.1. The van der Waals surface area contributed by atoms with Gasteiger partial charge in [-0.25, -0.2) is 17.2 Å². The molecule has 1 fully saturated rings. The van der Waals surface area contributed by atoms with E-state index >= 15 is 0 Å². The Morgan fingerprint density at radius 3 is 2.48 bits per heavy atom. The first-order valence-electron chi connectivity index (χ1n) is 6.46. The minimum Gasteiger partial charge on any atom is -0.390 e. The predicted octanol–water partition coefficient (Wildman–Crippen LogP) is 0.0155. The van der Waals surface area contributed by atoms with E-state index in [2.05, 4.69) is 4.98 Å². The summed E-state index contributed by atoms with van der Waals surface area (Å²) in [4.78, 5) is 5.32. The molecule has 1 aromatic heterocycles. The van der Waals surface area contributed by atoms with Crippen molar-refractivity contribution in [3.63, 3.8) is 0 Å². The summed E-state index contributed by atoms with van der Waals surface area (Å²) in [5.41, 5.74) is 0. The van der Waals surface area contributed by atoms with Crippen LogP contribution in [0.15, 0.2) is 29.4 Å². The molecule has 0 spiro atoms. The number of hydrogen-bond acceptors (Lipinski definition) is 5. The Morgan fingerprint density at radius 2 is 1.95 bits per heavy atom. The van der Waals surface area contributed by atoms with E-state index in [1.54, 1.807) is 0 Å². The lowest BCUT2D eigenvalue weighted by Crippen LogP contribution is -2.52. The number of sulfonamides is 1. The fourth-order valence-corrected chi connectivity index (χ4v) is 3.54. The van der Waals surface area contributed by atoms with E-state index in [0.717, 1.165) is 0 Å². The molecule has 1 aromatic rings. The Balaban J connectivity index is 1.98. The third-order valence-corrected chi connectivity index (χ3v) is 5.17. The van der Waals surface area contributed by atoms with Crippen molar-refractivity contribution in [1.29, 1.82) is 0 Å². The molecule has 0 saturated carbocycles. The Bertz CT molecular complexity index is 560. The number of hydrogen-bond donors (Lipinski definition) is 1. The third-order valence-electron chi connectivity index (χ3n) is 3.29. The van der Waals surface area contributed by atoms with Crippen molar-refractivity contribution in [3.05, 3.63) is 24.5 Å². The van der Waals surface area contributed by atoms with Crippen LogP contribution in [0.1, 0.15) is 0 Å². The lowest BCUT2D eigenvalue weighted by atomic mass is 10.3. The molecule has 2 heterocycles. The molecule has 9 heteroatoms. The summed E-state index contributed by atoms with van der Waals surface area (Å²) in [6, 6.07) is 2.99. The number of aromatic nitrogens is 1. The first kappa shape index (κ1) is 16.2. The number of alkyl halides is 2. The third kappa shape index (κ3) is 3.94. The molecule has 1 saturated heterocycles. The van der Waals surface area contributed by atoms with Crippen LogP contribution < -0.4 is 0 Å². The van der Waals surface area contributed by atoms with Gasteiger partial charge in [0.15, 0.2) is 0 Å². The molecule has 6 nitrogen and oxygen atoms in total. The summed E-state index contributed by atoms with van der Waals surface area (Å²) in [5, 5.41) is 8.56. The predicted molar refractivity (Wildman–Crippen MR) is 71.5 cm³/mol. The smallest absolute Gasteiger partial charge is 0.283 e. The molecule has 1 N–H and O–H groups in total. The molecule has 118 valence electrons. The topological polar surface area (TPSA) is 73.7 Å². The second kappa shape index (κ2) is 6.30. The highest BCUT2D eigenvalue weighted by Gasteiger charge is 2.34. The maximum atomic E-state index is 13.1. The fourth-order valence-electron chi connectivity index (χ4n) is 2.15. The molecule has 1 aliphatic rings. The van der Waals surface area contributed by atoms with Gasteiger partial charge in [-0.05, 0) is 12.1 Å². The molecular formula is C12H17F2N3O3S. The van der Waals surface area contributed by atoms with Gasteiger partial charge in [-0.15, -0.1) is 0 Å². The lowest BCUT2D eigenvalue weighted by molar-refractivity contribution is -0.0761. The Hall–Kier alpha value is -1.16. The van der Waals surface area contributed by atoms with Crippen molar-refractivity contribution in [2.75, 3.05) is 39.3 Å². The van der Waals surface area contributed by atoms with Crippen LogP contribution in [0.3, 0.4) is 0 Å². The highest BCUT2D eigenvalue weighted by molar-refractivity contribution is 7.89. The number of pyridine rings is 1. The molecule has 0 atom stereocenters. The normalized spacial score (nSPS) is 18.8. The number of nitrogens with zero attached hydrogens (tertiary/aromatic N) is 3. The van der Waals surface area contributed by atoms with Crippen molar-refractivity contribution in [3.8, 4) is 0 Å². The lowest BCUT2D eigenvalue weighted by Gasteiger charge is -2.35. The molecule has 2 rings (SSSR count). The van der Waals surface area contributed by atoms with Crippen molar-refractivity contribution < 1.29 is 22.3 Å². The van der Waals surface area contributed by atoms with Crippen molar-refractivity contribution >= 4 is 10.0 Å². The van der Waals surface area contributed by atoms with E-state index in [9.17, 15) is 17.2 Å². The Morgan fingerprint density at radius 1 is 1.29 bits per heavy atom.